The van der Waals surface area contributed by atoms with Crippen LogP contribution in [0.2, 0.25) is 0 Å². The van der Waals surface area contributed by atoms with Gasteiger partial charge in [0.25, 0.3) is 5.91 Å². The largest absolute Gasteiger partial charge is 0.472 e. The van der Waals surface area contributed by atoms with Gasteiger partial charge in [-0.2, -0.15) is 0 Å². The molecule has 2 aromatic heterocycles. The Labute approximate surface area is 144 Å². The summed E-state index contributed by atoms with van der Waals surface area (Å²) >= 11 is 0. The highest BCUT2D eigenvalue weighted by Crippen LogP contribution is 2.12. The van der Waals surface area contributed by atoms with Crippen molar-refractivity contribution in [2.24, 2.45) is 0 Å². The molecular weight excluding hydrogens is 320 g/mol. The fourth-order valence-electron chi connectivity index (χ4n) is 2.33. The summed E-state index contributed by atoms with van der Waals surface area (Å²) < 4.78 is 6.80. The summed E-state index contributed by atoms with van der Waals surface area (Å²) in [7, 11) is 0. The van der Waals surface area contributed by atoms with E-state index in [9.17, 15) is 9.59 Å². The van der Waals surface area contributed by atoms with Gasteiger partial charge in [-0.15, -0.1) is 0 Å². The standard InChI is InChI=1S/C18H18N4O3/c1-13(20-18(24)15-5-8-25-11-15)17(23)21-16-4-2-3-14(9-16)10-22-7-6-19-12-22/h2-9,11-13H,10H2,1H3,(H,20,24)(H,21,23)/t13-/m1/s1. The van der Waals surface area contributed by atoms with Crippen LogP contribution in [0.4, 0.5) is 5.69 Å². The van der Waals surface area contributed by atoms with E-state index < -0.39 is 6.04 Å². The van der Waals surface area contributed by atoms with Crippen LogP contribution in [0.5, 0.6) is 0 Å². The molecule has 2 heterocycles. The van der Waals surface area contributed by atoms with E-state index in [2.05, 4.69) is 15.6 Å². The number of imidazole rings is 1. The van der Waals surface area contributed by atoms with Gasteiger partial charge in [-0.1, -0.05) is 12.1 Å². The Hall–Kier alpha value is -3.35. The van der Waals surface area contributed by atoms with Crippen molar-refractivity contribution >= 4 is 17.5 Å². The molecule has 7 heteroatoms. The van der Waals surface area contributed by atoms with Crippen LogP contribution in [0.25, 0.3) is 0 Å². The van der Waals surface area contributed by atoms with Crippen molar-refractivity contribution in [3.63, 3.8) is 0 Å². The number of nitrogens with zero attached hydrogens (tertiary/aromatic N) is 2. The number of furan rings is 1. The minimum Gasteiger partial charge on any atom is -0.472 e. The highest BCUT2D eigenvalue weighted by atomic mass is 16.3. The fourth-order valence-corrected chi connectivity index (χ4v) is 2.33. The molecule has 0 aliphatic heterocycles. The molecule has 2 amide bonds. The smallest absolute Gasteiger partial charge is 0.255 e. The maximum atomic E-state index is 12.3. The molecule has 0 bridgehead atoms. The Morgan fingerprint density at radius 2 is 2.20 bits per heavy atom. The molecule has 0 fully saturated rings. The van der Waals surface area contributed by atoms with E-state index in [0.717, 1.165) is 5.56 Å². The maximum Gasteiger partial charge on any atom is 0.255 e. The summed E-state index contributed by atoms with van der Waals surface area (Å²) in [5.41, 5.74) is 2.08. The number of carbonyl (C=O) groups is 2. The lowest BCUT2D eigenvalue weighted by Crippen LogP contribution is -2.41. The number of hydrogen-bond donors (Lipinski definition) is 2. The van der Waals surface area contributed by atoms with Crippen LogP contribution in [0.1, 0.15) is 22.8 Å². The quantitative estimate of drug-likeness (QED) is 0.721. The molecule has 3 aromatic rings. The van der Waals surface area contributed by atoms with Crippen molar-refractivity contribution in [2.45, 2.75) is 19.5 Å². The van der Waals surface area contributed by atoms with E-state index in [-0.39, 0.29) is 11.8 Å². The van der Waals surface area contributed by atoms with E-state index in [1.54, 1.807) is 31.6 Å². The van der Waals surface area contributed by atoms with Crippen LogP contribution >= 0.6 is 0 Å². The van der Waals surface area contributed by atoms with Crippen LogP contribution in [0, 0.1) is 0 Å². The van der Waals surface area contributed by atoms with E-state index in [0.29, 0.717) is 17.8 Å². The zero-order valence-electron chi connectivity index (χ0n) is 13.7. The molecule has 0 unspecified atom stereocenters. The summed E-state index contributed by atoms with van der Waals surface area (Å²) in [5.74, 6) is -0.651. The molecule has 25 heavy (non-hydrogen) atoms. The minimum absolute atomic E-state index is 0.295. The Kier molecular flexibility index (Phi) is 4.94. The van der Waals surface area contributed by atoms with Gasteiger partial charge in [0.2, 0.25) is 5.91 Å². The summed E-state index contributed by atoms with van der Waals surface area (Å²) in [6, 6.07) is 8.40. The molecule has 0 aliphatic rings. The fraction of sp³-hybridized carbons (Fsp3) is 0.167. The molecule has 1 atom stereocenters. The number of nitrogens with one attached hydrogen (secondary N) is 2. The van der Waals surface area contributed by atoms with Crippen molar-refractivity contribution < 1.29 is 14.0 Å². The molecule has 7 nitrogen and oxygen atoms in total. The van der Waals surface area contributed by atoms with Gasteiger partial charge in [0.1, 0.15) is 12.3 Å². The van der Waals surface area contributed by atoms with Crippen LogP contribution in [-0.4, -0.2) is 27.4 Å². The number of amides is 2. The molecule has 0 saturated heterocycles. The summed E-state index contributed by atoms with van der Waals surface area (Å²) in [6.45, 7) is 2.29. The van der Waals surface area contributed by atoms with Crippen molar-refractivity contribution in [1.29, 1.82) is 0 Å². The molecular formula is C18H18N4O3. The number of rotatable bonds is 6. The van der Waals surface area contributed by atoms with Gasteiger partial charge in [-0.3, -0.25) is 9.59 Å². The topological polar surface area (TPSA) is 89.2 Å². The van der Waals surface area contributed by atoms with E-state index in [4.69, 9.17) is 4.42 Å². The predicted octanol–water partition coefficient (Wildman–Crippen LogP) is 2.28. The van der Waals surface area contributed by atoms with Gasteiger partial charge in [-0.05, 0) is 30.7 Å². The Bertz CT molecular complexity index is 841. The lowest BCUT2D eigenvalue weighted by molar-refractivity contribution is -0.117. The number of anilines is 1. The Morgan fingerprint density at radius 1 is 1.32 bits per heavy atom. The van der Waals surface area contributed by atoms with Gasteiger partial charge in [-0.25, -0.2) is 4.98 Å². The number of hydrogen-bond acceptors (Lipinski definition) is 4. The van der Waals surface area contributed by atoms with Gasteiger partial charge in [0.15, 0.2) is 0 Å². The van der Waals surface area contributed by atoms with Gasteiger partial charge < -0.3 is 19.6 Å². The number of carbonyl (C=O) groups excluding carboxylic acids is 2. The first kappa shape index (κ1) is 16.5. The average Bonchev–Trinajstić information content (AvgIpc) is 3.28. The summed E-state index contributed by atoms with van der Waals surface area (Å²) in [4.78, 5) is 28.2. The monoisotopic (exact) mass is 338 g/mol. The third kappa shape index (κ3) is 4.35. The molecule has 0 saturated carbocycles. The van der Waals surface area contributed by atoms with E-state index in [1.807, 2.05) is 29.0 Å². The molecule has 128 valence electrons. The molecule has 2 N–H and O–H groups in total. The highest BCUT2D eigenvalue weighted by Gasteiger charge is 2.17. The van der Waals surface area contributed by atoms with Crippen molar-refractivity contribution in [3.8, 4) is 0 Å². The first-order valence-corrected chi connectivity index (χ1v) is 7.80. The van der Waals surface area contributed by atoms with Gasteiger partial charge in [0, 0.05) is 24.6 Å². The lowest BCUT2D eigenvalue weighted by atomic mass is 10.2. The molecule has 0 spiro atoms. The summed E-state index contributed by atoms with van der Waals surface area (Å²) in [6.07, 6.45) is 8.07. The molecule has 0 aliphatic carbocycles. The van der Waals surface area contributed by atoms with Crippen molar-refractivity contribution in [1.82, 2.24) is 14.9 Å². The second-order valence-electron chi connectivity index (χ2n) is 5.63. The Morgan fingerprint density at radius 3 is 2.92 bits per heavy atom. The summed E-state index contributed by atoms with van der Waals surface area (Å²) in [5, 5.41) is 5.44. The highest BCUT2D eigenvalue weighted by molar-refractivity contribution is 6.00. The predicted molar refractivity (Wildman–Crippen MR) is 92.0 cm³/mol. The third-order valence-electron chi connectivity index (χ3n) is 3.64. The van der Waals surface area contributed by atoms with Crippen LogP contribution < -0.4 is 10.6 Å². The third-order valence-corrected chi connectivity index (χ3v) is 3.64. The van der Waals surface area contributed by atoms with Crippen LogP contribution in [0.15, 0.2) is 66.0 Å². The maximum absolute atomic E-state index is 12.3. The zero-order valence-corrected chi connectivity index (χ0v) is 13.7. The zero-order chi connectivity index (χ0) is 17.6. The molecule has 0 radical (unpaired) electrons. The normalized spacial score (nSPS) is 11.7. The van der Waals surface area contributed by atoms with E-state index in [1.165, 1.54) is 12.5 Å². The van der Waals surface area contributed by atoms with Crippen molar-refractivity contribution in [2.75, 3.05) is 5.32 Å². The van der Waals surface area contributed by atoms with Gasteiger partial charge >= 0.3 is 0 Å². The second-order valence-corrected chi connectivity index (χ2v) is 5.63. The number of aromatic nitrogens is 2. The van der Waals surface area contributed by atoms with Crippen LogP contribution in [-0.2, 0) is 11.3 Å². The first-order chi connectivity index (χ1) is 12.1. The average molecular weight is 338 g/mol. The second kappa shape index (κ2) is 7.48. The molecule has 1 aromatic carbocycles. The minimum atomic E-state index is -0.681. The Balaban J connectivity index is 1.59. The van der Waals surface area contributed by atoms with Crippen molar-refractivity contribution in [3.05, 3.63) is 72.7 Å². The van der Waals surface area contributed by atoms with E-state index >= 15 is 0 Å². The first-order valence-electron chi connectivity index (χ1n) is 7.80. The lowest BCUT2D eigenvalue weighted by Gasteiger charge is -2.14. The van der Waals surface area contributed by atoms with Crippen LogP contribution in [0.3, 0.4) is 0 Å². The number of benzene rings is 1. The van der Waals surface area contributed by atoms with Gasteiger partial charge in [0.05, 0.1) is 18.2 Å². The SMILES string of the molecule is C[C@@H](NC(=O)c1ccoc1)C(=O)Nc1cccc(Cn2ccnc2)c1. The molecule has 3 rings (SSSR count).